The molecule has 1 aromatic rings. The lowest BCUT2D eigenvalue weighted by molar-refractivity contribution is 0.411. The van der Waals surface area contributed by atoms with Crippen molar-refractivity contribution < 1.29 is 13.2 Å². The molecule has 3 nitrogen and oxygen atoms in total. The molecule has 16 heavy (non-hydrogen) atoms. The van der Waals surface area contributed by atoms with Gasteiger partial charge in [0.15, 0.2) is 9.84 Å². The van der Waals surface area contributed by atoms with Gasteiger partial charge < -0.3 is 4.74 Å². The molecule has 0 atom stereocenters. The van der Waals surface area contributed by atoms with Crippen LogP contribution in [0.2, 0.25) is 0 Å². The molecule has 0 heterocycles. The topological polar surface area (TPSA) is 43.4 Å². The minimum Gasteiger partial charge on any atom is -0.496 e. The first-order valence-electron chi connectivity index (χ1n) is 4.94. The Morgan fingerprint density at radius 3 is 2.44 bits per heavy atom. The normalized spacial score (nSPS) is 18.2. The highest BCUT2D eigenvalue weighted by atomic mass is 79.9. The van der Waals surface area contributed by atoms with Gasteiger partial charge in [-0.15, -0.1) is 0 Å². The molecule has 1 aliphatic carbocycles. The van der Waals surface area contributed by atoms with E-state index in [1.807, 2.05) is 12.1 Å². The zero-order chi connectivity index (χ0) is 12.0. The molecule has 1 aromatic carbocycles. The number of sulfone groups is 1. The summed E-state index contributed by atoms with van der Waals surface area (Å²) in [4.78, 5) is 0. The van der Waals surface area contributed by atoms with Crippen molar-refractivity contribution in [3.63, 3.8) is 0 Å². The van der Waals surface area contributed by atoms with Crippen LogP contribution in [0.1, 0.15) is 18.4 Å². The van der Waals surface area contributed by atoms with Gasteiger partial charge in [0.1, 0.15) is 5.75 Å². The third-order valence-electron chi connectivity index (χ3n) is 3.09. The van der Waals surface area contributed by atoms with Crippen molar-refractivity contribution in [3.8, 4) is 5.75 Å². The highest BCUT2D eigenvalue weighted by Crippen LogP contribution is 2.53. The lowest BCUT2D eigenvalue weighted by atomic mass is 10.1. The summed E-state index contributed by atoms with van der Waals surface area (Å²) in [5.74, 6) is 0.674. The zero-order valence-electron chi connectivity index (χ0n) is 9.16. The van der Waals surface area contributed by atoms with E-state index in [0.29, 0.717) is 18.6 Å². The van der Waals surface area contributed by atoms with Crippen LogP contribution in [0.3, 0.4) is 0 Å². The Balaban J connectivity index is 2.51. The molecule has 0 aliphatic heterocycles. The molecule has 0 unspecified atom stereocenters. The number of halogens is 1. The Hall–Kier alpha value is -0.550. The van der Waals surface area contributed by atoms with Gasteiger partial charge in [0.2, 0.25) is 0 Å². The molecule has 0 aromatic heterocycles. The number of methoxy groups -OCH3 is 1. The fourth-order valence-corrected chi connectivity index (χ4v) is 3.74. The number of benzene rings is 1. The smallest absolute Gasteiger partial charge is 0.157 e. The van der Waals surface area contributed by atoms with Crippen LogP contribution in [0.5, 0.6) is 5.75 Å². The molecule has 1 aliphatic rings. The predicted octanol–water partition coefficient (Wildman–Crippen LogP) is 2.49. The second-order valence-electron chi connectivity index (χ2n) is 4.12. The highest BCUT2D eigenvalue weighted by Gasteiger charge is 2.53. The number of ether oxygens (including phenoxy) is 1. The maximum absolute atomic E-state index is 11.7. The molecule has 0 bridgehead atoms. The van der Waals surface area contributed by atoms with Crippen LogP contribution >= 0.6 is 15.9 Å². The van der Waals surface area contributed by atoms with Gasteiger partial charge in [-0.3, -0.25) is 0 Å². The van der Waals surface area contributed by atoms with E-state index in [0.717, 1.165) is 10.0 Å². The minimum absolute atomic E-state index is 0.666. The van der Waals surface area contributed by atoms with Crippen LogP contribution in [0, 0.1) is 0 Å². The molecule has 88 valence electrons. The van der Waals surface area contributed by atoms with Gasteiger partial charge in [-0.05, 0) is 46.5 Å². The fourth-order valence-electron chi connectivity index (χ4n) is 1.93. The first-order chi connectivity index (χ1) is 7.40. The summed E-state index contributed by atoms with van der Waals surface area (Å²) in [6, 6.07) is 5.48. The average Bonchev–Trinajstić information content (AvgIpc) is 2.98. The highest BCUT2D eigenvalue weighted by molar-refractivity contribution is 9.10. The summed E-state index contributed by atoms with van der Waals surface area (Å²) in [7, 11) is -1.48. The SMILES string of the molecule is COc1cc(C2(S(C)(=O)=O)CC2)ccc1Br. The van der Waals surface area contributed by atoms with Crippen LogP contribution in [0.15, 0.2) is 22.7 Å². The Kier molecular flexibility index (Phi) is 2.78. The van der Waals surface area contributed by atoms with Crippen molar-refractivity contribution in [2.75, 3.05) is 13.4 Å². The second kappa shape index (κ2) is 3.74. The lowest BCUT2D eigenvalue weighted by Crippen LogP contribution is -2.19. The first kappa shape index (κ1) is 11.9. The van der Waals surface area contributed by atoms with Crippen LogP contribution in [-0.4, -0.2) is 21.8 Å². The molecule has 2 rings (SSSR count). The first-order valence-corrected chi connectivity index (χ1v) is 7.63. The third-order valence-corrected chi connectivity index (χ3v) is 5.81. The standard InChI is InChI=1S/C11H13BrO3S/c1-15-10-7-8(3-4-9(10)12)11(5-6-11)16(2,13)14/h3-4,7H,5-6H2,1-2H3. The minimum atomic E-state index is -3.05. The van der Waals surface area contributed by atoms with Gasteiger partial charge in [0.05, 0.1) is 16.3 Å². The van der Waals surface area contributed by atoms with E-state index in [9.17, 15) is 8.42 Å². The van der Waals surface area contributed by atoms with Gasteiger partial charge in [-0.1, -0.05) is 6.07 Å². The van der Waals surface area contributed by atoms with E-state index in [4.69, 9.17) is 4.74 Å². The van der Waals surface area contributed by atoms with Crippen molar-refractivity contribution in [1.82, 2.24) is 0 Å². The molecule has 0 spiro atoms. The van der Waals surface area contributed by atoms with Gasteiger partial charge in [0.25, 0.3) is 0 Å². The Bertz CT molecular complexity index is 518. The Morgan fingerprint density at radius 2 is 2.00 bits per heavy atom. The summed E-state index contributed by atoms with van der Waals surface area (Å²) in [5, 5.41) is 0. The maximum Gasteiger partial charge on any atom is 0.157 e. The molecule has 0 saturated heterocycles. The number of hydrogen-bond acceptors (Lipinski definition) is 3. The molecular weight excluding hydrogens is 292 g/mol. The molecule has 0 N–H and O–H groups in total. The van der Waals surface area contributed by atoms with Crippen LogP contribution < -0.4 is 4.74 Å². The third kappa shape index (κ3) is 1.76. The van der Waals surface area contributed by atoms with Gasteiger partial charge >= 0.3 is 0 Å². The molecule has 1 saturated carbocycles. The van der Waals surface area contributed by atoms with Gasteiger partial charge in [0, 0.05) is 6.26 Å². The van der Waals surface area contributed by atoms with Gasteiger partial charge in [-0.25, -0.2) is 8.42 Å². The zero-order valence-corrected chi connectivity index (χ0v) is 11.6. The van der Waals surface area contributed by atoms with E-state index in [-0.39, 0.29) is 0 Å². The Morgan fingerprint density at radius 1 is 1.38 bits per heavy atom. The van der Waals surface area contributed by atoms with Crippen molar-refractivity contribution in [2.45, 2.75) is 17.6 Å². The van der Waals surface area contributed by atoms with E-state index < -0.39 is 14.6 Å². The molecule has 5 heteroatoms. The van der Waals surface area contributed by atoms with Crippen molar-refractivity contribution >= 4 is 25.8 Å². The van der Waals surface area contributed by atoms with Crippen molar-refractivity contribution in [2.24, 2.45) is 0 Å². The Labute approximate surface area is 104 Å². The van der Waals surface area contributed by atoms with E-state index >= 15 is 0 Å². The van der Waals surface area contributed by atoms with Crippen molar-refractivity contribution in [1.29, 1.82) is 0 Å². The fraction of sp³-hybridized carbons (Fsp3) is 0.455. The molecular formula is C11H13BrO3S. The lowest BCUT2D eigenvalue weighted by Gasteiger charge is -2.15. The predicted molar refractivity (Wildman–Crippen MR) is 66.4 cm³/mol. The monoisotopic (exact) mass is 304 g/mol. The van der Waals surface area contributed by atoms with Gasteiger partial charge in [-0.2, -0.15) is 0 Å². The summed E-state index contributed by atoms with van der Waals surface area (Å²) >= 11 is 3.35. The van der Waals surface area contributed by atoms with E-state index in [1.165, 1.54) is 6.26 Å². The maximum atomic E-state index is 11.7. The van der Waals surface area contributed by atoms with E-state index in [2.05, 4.69) is 15.9 Å². The quantitative estimate of drug-likeness (QED) is 0.862. The number of rotatable bonds is 3. The summed E-state index contributed by atoms with van der Waals surface area (Å²) in [6.07, 6.45) is 2.71. The van der Waals surface area contributed by atoms with Crippen LogP contribution in [-0.2, 0) is 14.6 Å². The van der Waals surface area contributed by atoms with Crippen molar-refractivity contribution in [3.05, 3.63) is 28.2 Å². The largest absolute Gasteiger partial charge is 0.496 e. The second-order valence-corrected chi connectivity index (χ2v) is 7.30. The summed E-state index contributed by atoms with van der Waals surface area (Å²) < 4.78 is 28.8. The summed E-state index contributed by atoms with van der Waals surface area (Å²) in [6.45, 7) is 0. The molecule has 1 fully saturated rings. The van der Waals surface area contributed by atoms with Crippen LogP contribution in [0.4, 0.5) is 0 Å². The average molecular weight is 305 g/mol. The number of hydrogen-bond donors (Lipinski definition) is 0. The molecule has 0 amide bonds. The van der Waals surface area contributed by atoms with E-state index in [1.54, 1.807) is 13.2 Å². The van der Waals surface area contributed by atoms with Crippen LogP contribution in [0.25, 0.3) is 0 Å². The molecule has 0 radical (unpaired) electrons. The summed E-state index contributed by atoms with van der Waals surface area (Å²) in [5.41, 5.74) is 0.829.